The Balaban J connectivity index is 1.10. The van der Waals surface area contributed by atoms with Gasteiger partial charge >= 0.3 is 0 Å². The lowest BCUT2D eigenvalue weighted by Gasteiger charge is -2.51. The first-order valence-corrected chi connectivity index (χ1v) is 24.6. The second kappa shape index (κ2) is 14.8. The predicted octanol–water partition coefficient (Wildman–Crippen LogP) is 9.60. The molecular formula is C63H44B3N3O. The van der Waals surface area contributed by atoms with Gasteiger partial charge in [0.1, 0.15) is 11.5 Å². The molecule has 4 nitrogen and oxygen atoms in total. The molecule has 15 rings (SSSR count). The number of ether oxygens (including phenoxy) is 1. The normalized spacial score (nSPS) is 13.9. The third-order valence-corrected chi connectivity index (χ3v) is 15.8. The van der Waals surface area contributed by atoms with Crippen molar-refractivity contribution in [1.82, 2.24) is 0 Å². The summed E-state index contributed by atoms with van der Waals surface area (Å²) >= 11 is 0. The number of hydrogen-bond acceptors (Lipinski definition) is 4. The van der Waals surface area contributed by atoms with Crippen LogP contribution in [0.3, 0.4) is 0 Å². The molecule has 0 N–H and O–H groups in total. The van der Waals surface area contributed by atoms with E-state index in [1.165, 1.54) is 111 Å². The molecule has 0 saturated carbocycles. The molecule has 7 heteroatoms. The first-order chi connectivity index (χ1) is 34.5. The molecule has 10 aromatic rings. The molecule has 10 aromatic carbocycles. The molecule has 326 valence electrons. The van der Waals surface area contributed by atoms with Gasteiger partial charge in [-0.3, -0.25) is 0 Å². The first-order valence-electron chi connectivity index (χ1n) is 24.6. The van der Waals surface area contributed by atoms with Gasteiger partial charge in [-0.1, -0.05) is 174 Å². The molecule has 0 atom stereocenters. The van der Waals surface area contributed by atoms with Crippen LogP contribution in [0.5, 0.6) is 11.5 Å². The molecule has 0 aromatic heterocycles. The molecule has 0 saturated heterocycles. The van der Waals surface area contributed by atoms with Crippen molar-refractivity contribution >= 4 is 120 Å². The van der Waals surface area contributed by atoms with E-state index < -0.39 is 0 Å². The Hall–Kier alpha value is -8.41. The zero-order valence-corrected chi connectivity index (χ0v) is 39.2. The Morgan fingerprint density at radius 3 is 1.47 bits per heavy atom. The molecule has 0 radical (unpaired) electrons. The van der Waals surface area contributed by atoms with Crippen molar-refractivity contribution in [3.63, 3.8) is 0 Å². The monoisotopic (exact) mass is 891 g/mol. The highest BCUT2D eigenvalue weighted by Crippen LogP contribution is 2.50. The lowest BCUT2D eigenvalue weighted by atomic mass is 9.28. The zero-order chi connectivity index (χ0) is 46.4. The average Bonchev–Trinajstić information content (AvgIpc) is 3.40. The number of rotatable bonds is 4. The summed E-state index contributed by atoms with van der Waals surface area (Å²) in [7, 11) is 0. The van der Waals surface area contributed by atoms with E-state index in [1.54, 1.807) is 0 Å². The van der Waals surface area contributed by atoms with Crippen LogP contribution < -0.4 is 68.6 Å². The van der Waals surface area contributed by atoms with Gasteiger partial charge in [-0.15, -0.1) is 0 Å². The van der Waals surface area contributed by atoms with Crippen molar-refractivity contribution in [2.45, 2.75) is 20.8 Å². The summed E-state index contributed by atoms with van der Waals surface area (Å²) in [5.41, 5.74) is 28.6. The maximum atomic E-state index is 7.15. The van der Waals surface area contributed by atoms with Crippen LogP contribution in [0, 0.1) is 20.8 Å². The zero-order valence-electron chi connectivity index (χ0n) is 39.2. The van der Waals surface area contributed by atoms with Crippen molar-refractivity contribution in [2.75, 3.05) is 14.7 Å². The SMILES string of the molecule is Cc1cc(C)c(B2c3ccccc3Oc3cc4c(cc32)B2c3ccc(-c5ccccc5)cc3N3c5ccccc5B5c6ccccc6N(c6ccccc6)c6cc(c2c3c65)N4c2ccccc2)c(C)c1. The summed E-state index contributed by atoms with van der Waals surface area (Å²) in [4.78, 5) is 7.71. The van der Waals surface area contributed by atoms with Crippen LogP contribution >= 0.6 is 0 Å². The largest absolute Gasteiger partial charge is 0.458 e. The highest BCUT2D eigenvalue weighted by molar-refractivity contribution is 7.05. The Morgan fingerprint density at radius 2 is 0.814 bits per heavy atom. The van der Waals surface area contributed by atoms with E-state index in [-0.39, 0.29) is 20.1 Å². The summed E-state index contributed by atoms with van der Waals surface area (Å²) in [6.45, 7) is 6.67. The van der Waals surface area contributed by atoms with Crippen LogP contribution in [-0.2, 0) is 0 Å². The summed E-state index contributed by atoms with van der Waals surface area (Å²) in [5.74, 6) is 1.81. The van der Waals surface area contributed by atoms with Gasteiger partial charge in [0.2, 0.25) is 0 Å². The quantitative estimate of drug-likeness (QED) is 0.164. The van der Waals surface area contributed by atoms with E-state index in [0.29, 0.717) is 0 Å². The Morgan fingerprint density at radius 1 is 0.314 bits per heavy atom. The lowest BCUT2D eigenvalue weighted by molar-refractivity contribution is 0.488. The van der Waals surface area contributed by atoms with E-state index in [1.807, 2.05) is 0 Å². The van der Waals surface area contributed by atoms with Gasteiger partial charge in [-0.2, -0.15) is 0 Å². The van der Waals surface area contributed by atoms with Crippen molar-refractivity contribution in [1.29, 1.82) is 0 Å². The van der Waals surface area contributed by atoms with Gasteiger partial charge in [0, 0.05) is 57.3 Å². The number of benzene rings is 10. The Bertz CT molecular complexity index is 3820. The van der Waals surface area contributed by atoms with Crippen molar-refractivity contribution < 1.29 is 4.74 Å². The minimum absolute atomic E-state index is 0.00953. The van der Waals surface area contributed by atoms with Crippen LogP contribution in [0.4, 0.5) is 51.2 Å². The maximum Gasteiger partial charge on any atom is 0.252 e. The highest BCUT2D eigenvalue weighted by Gasteiger charge is 2.52. The summed E-state index contributed by atoms with van der Waals surface area (Å²) in [6.07, 6.45) is 0. The van der Waals surface area contributed by atoms with Crippen LogP contribution in [0.15, 0.2) is 212 Å². The molecule has 0 aliphatic carbocycles. The first kappa shape index (κ1) is 39.6. The minimum atomic E-state index is -0.0991. The fourth-order valence-corrected chi connectivity index (χ4v) is 13.2. The van der Waals surface area contributed by atoms with Crippen LogP contribution in [0.2, 0.25) is 0 Å². The number of hydrogen-bond donors (Lipinski definition) is 0. The van der Waals surface area contributed by atoms with Crippen LogP contribution in [0.1, 0.15) is 16.7 Å². The topological polar surface area (TPSA) is 19.0 Å². The summed E-state index contributed by atoms with van der Waals surface area (Å²) < 4.78 is 7.15. The number of anilines is 9. The van der Waals surface area contributed by atoms with Gasteiger partial charge in [0.05, 0.1) is 0 Å². The molecule has 5 aliphatic heterocycles. The van der Waals surface area contributed by atoms with Gasteiger partial charge < -0.3 is 19.4 Å². The summed E-state index contributed by atoms with van der Waals surface area (Å²) in [5, 5.41) is 0. The number of aryl methyl sites for hydroxylation is 3. The standard InChI is InChI=1S/C63H44B3N3O/c1-39-33-40(2)60(41(3)34-39)66-49-27-15-18-30-58(49)70-59-38-55-50(36-51(59)66)65-48-32-31-43(42-19-7-4-8-20-42)35-54(48)69-53-29-17-14-26-47(53)64-46-25-13-16-28-52(46)67(44-21-9-5-10-22-44)56-37-57(62(65)63(69)61(56)64)68(55)45-23-11-6-12-24-45/h4-38H,1-3H3. The molecule has 70 heavy (non-hydrogen) atoms. The van der Waals surface area contributed by atoms with Crippen LogP contribution in [-0.4, -0.2) is 20.1 Å². The number of nitrogens with zero attached hydrogens (tertiary/aromatic N) is 3. The van der Waals surface area contributed by atoms with E-state index in [4.69, 9.17) is 4.74 Å². The third-order valence-electron chi connectivity index (χ3n) is 15.8. The number of fused-ring (bicyclic) bond motifs is 12. The molecule has 5 heterocycles. The van der Waals surface area contributed by atoms with E-state index in [9.17, 15) is 0 Å². The molecule has 0 fully saturated rings. The average molecular weight is 892 g/mol. The molecule has 0 amide bonds. The van der Waals surface area contributed by atoms with E-state index in [2.05, 4.69) is 248 Å². The second-order valence-corrected chi connectivity index (χ2v) is 19.7. The molecule has 0 bridgehead atoms. The molecule has 0 unspecified atom stereocenters. The predicted molar refractivity (Wildman–Crippen MR) is 297 cm³/mol. The fraction of sp³-hybridized carbons (Fsp3) is 0.0476. The smallest absolute Gasteiger partial charge is 0.252 e. The van der Waals surface area contributed by atoms with Gasteiger partial charge in [0.15, 0.2) is 0 Å². The molecular weight excluding hydrogens is 847 g/mol. The van der Waals surface area contributed by atoms with Crippen molar-refractivity contribution in [3.8, 4) is 22.6 Å². The fourth-order valence-electron chi connectivity index (χ4n) is 13.2. The molecule has 5 aliphatic rings. The Labute approximate surface area is 410 Å². The number of para-hydroxylation sites is 5. The van der Waals surface area contributed by atoms with E-state index in [0.717, 1.165) is 28.6 Å². The highest BCUT2D eigenvalue weighted by atomic mass is 16.5. The molecule has 0 spiro atoms. The van der Waals surface area contributed by atoms with Crippen LogP contribution in [0.25, 0.3) is 11.1 Å². The third kappa shape index (κ3) is 5.46. The van der Waals surface area contributed by atoms with Gasteiger partial charge in [-0.25, -0.2) is 0 Å². The van der Waals surface area contributed by atoms with Crippen molar-refractivity contribution in [2.24, 2.45) is 0 Å². The minimum Gasteiger partial charge on any atom is -0.458 e. The van der Waals surface area contributed by atoms with E-state index >= 15 is 0 Å². The lowest BCUT2D eigenvalue weighted by Crippen LogP contribution is -2.69. The maximum absolute atomic E-state index is 7.15. The summed E-state index contributed by atoms with van der Waals surface area (Å²) in [6, 6.07) is 79.2. The van der Waals surface area contributed by atoms with Gasteiger partial charge in [-0.05, 0) is 130 Å². The Kier molecular flexibility index (Phi) is 8.37. The van der Waals surface area contributed by atoms with Crippen molar-refractivity contribution in [3.05, 3.63) is 229 Å². The van der Waals surface area contributed by atoms with Gasteiger partial charge in [0.25, 0.3) is 20.1 Å². The second-order valence-electron chi connectivity index (χ2n) is 19.7.